The molecule has 2 rings (SSSR count). The van der Waals surface area contributed by atoms with Crippen molar-refractivity contribution in [2.24, 2.45) is 0 Å². The summed E-state index contributed by atoms with van der Waals surface area (Å²) in [5, 5.41) is 4.17. The van der Waals surface area contributed by atoms with Crippen molar-refractivity contribution >= 4 is 11.8 Å². The van der Waals surface area contributed by atoms with E-state index in [1.165, 1.54) is 10.5 Å². The second kappa shape index (κ2) is 6.43. The molecule has 1 fully saturated rings. The summed E-state index contributed by atoms with van der Waals surface area (Å²) >= 11 is 1.93. The number of thioether (sulfide) groups is 1. The average Bonchev–Trinajstić information content (AvgIpc) is 2.32. The van der Waals surface area contributed by atoms with Gasteiger partial charge < -0.3 is 10.1 Å². The van der Waals surface area contributed by atoms with E-state index in [-0.39, 0.29) is 0 Å². The zero-order valence-corrected chi connectivity index (χ0v) is 11.4. The lowest BCUT2D eigenvalue weighted by atomic mass is 10.1. The van der Waals surface area contributed by atoms with E-state index in [9.17, 15) is 0 Å². The normalized spacial score (nSPS) is 17.8. The highest BCUT2D eigenvalue weighted by atomic mass is 32.2. The van der Waals surface area contributed by atoms with Crippen LogP contribution in [0.1, 0.15) is 31.9 Å². The number of nitrogens with one attached hydrogen (secondary N) is 1. The van der Waals surface area contributed by atoms with Gasteiger partial charge in [0, 0.05) is 10.9 Å². The predicted molar refractivity (Wildman–Crippen MR) is 73.6 cm³/mol. The molecule has 3 heteroatoms. The van der Waals surface area contributed by atoms with Crippen molar-refractivity contribution in [3.05, 3.63) is 29.8 Å². The van der Waals surface area contributed by atoms with Crippen LogP contribution in [0.5, 0.6) is 0 Å². The maximum absolute atomic E-state index is 5.19. The van der Waals surface area contributed by atoms with Gasteiger partial charge in [0.05, 0.1) is 18.5 Å². The van der Waals surface area contributed by atoms with Crippen molar-refractivity contribution in [2.45, 2.75) is 36.5 Å². The smallest absolute Gasteiger partial charge is 0.0611 e. The Morgan fingerprint density at radius 3 is 2.47 bits per heavy atom. The van der Waals surface area contributed by atoms with Gasteiger partial charge >= 0.3 is 0 Å². The highest BCUT2D eigenvalue weighted by Crippen LogP contribution is 2.29. The second-order valence-corrected chi connectivity index (χ2v) is 5.74. The highest BCUT2D eigenvalue weighted by Gasteiger charge is 2.19. The zero-order valence-electron chi connectivity index (χ0n) is 10.6. The van der Waals surface area contributed by atoms with E-state index in [0.29, 0.717) is 11.3 Å². The minimum atomic E-state index is 0.492. The third-order valence-electron chi connectivity index (χ3n) is 3.05. The standard InChI is InChI=1S/C14H21NOS/c1-3-14(15-4-2)11-5-7-12(8-6-11)17-13-9-16-10-13/h5-8,13-15H,3-4,9-10H2,1-2H3. The molecule has 0 amide bonds. The molecule has 1 atom stereocenters. The Labute approximate surface area is 108 Å². The number of hydrogen-bond acceptors (Lipinski definition) is 3. The number of rotatable bonds is 6. The number of hydrogen-bond donors (Lipinski definition) is 1. The molecular weight excluding hydrogens is 230 g/mol. The maximum Gasteiger partial charge on any atom is 0.0611 e. The number of ether oxygens (including phenoxy) is 1. The first-order valence-electron chi connectivity index (χ1n) is 6.41. The molecule has 0 radical (unpaired) electrons. The molecule has 1 saturated heterocycles. The molecule has 0 bridgehead atoms. The Kier molecular flexibility index (Phi) is 4.89. The summed E-state index contributed by atoms with van der Waals surface area (Å²) in [4.78, 5) is 1.36. The molecule has 0 aromatic heterocycles. The van der Waals surface area contributed by atoms with Crippen LogP contribution in [0.3, 0.4) is 0 Å². The molecule has 1 aliphatic heterocycles. The van der Waals surface area contributed by atoms with Gasteiger partial charge in [-0.25, -0.2) is 0 Å². The van der Waals surface area contributed by atoms with Gasteiger partial charge in [-0.15, -0.1) is 11.8 Å². The van der Waals surface area contributed by atoms with Crippen molar-refractivity contribution in [3.63, 3.8) is 0 Å². The van der Waals surface area contributed by atoms with E-state index in [1.54, 1.807) is 0 Å². The van der Waals surface area contributed by atoms with Crippen molar-refractivity contribution in [1.82, 2.24) is 5.32 Å². The largest absolute Gasteiger partial charge is 0.379 e. The lowest BCUT2D eigenvalue weighted by molar-refractivity contribution is 0.0455. The Hall–Kier alpha value is -0.510. The summed E-state index contributed by atoms with van der Waals surface area (Å²) in [6.07, 6.45) is 1.14. The van der Waals surface area contributed by atoms with E-state index in [0.717, 1.165) is 26.2 Å². The maximum atomic E-state index is 5.19. The second-order valence-electron chi connectivity index (χ2n) is 4.36. The summed E-state index contributed by atoms with van der Waals surface area (Å²) in [5.74, 6) is 0. The quantitative estimate of drug-likeness (QED) is 0.838. The average molecular weight is 251 g/mol. The summed E-state index contributed by atoms with van der Waals surface area (Å²) < 4.78 is 5.19. The monoisotopic (exact) mass is 251 g/mol. The summed E-state index contributed by atoms with van der Waals surface area (Å²) in [6.45, 7) is 7.21. The molecule has 0 aliphatic carbocycles. The van der Waals surface area contributed by atoms with Crippen LogP contribution in [0.25, 0.3) is 0 Å². The van der Waals surface area contributed by atoms with Crippen molar-refractivity contribution in [3.8, 4) is 0 Å². The van der Waals surface area contributed by atoms with Gasteiger partial charge in [0.15, 0.2) is 0 Å². The molecule has 2 nitrogen and oxygen atoms in total. The fraction of sp³-hybridized carbons (Fsp3) is 0.571. The van der Waals surface area contributed by atoms with E-state index in [4.69, 9.17) is 4.74 Å². The molecule has 94 valence electrons. The molecule has 1 heterocycles. The van der Waals surface area contributed by atoms with Gasteiger partial charge in [-0.1, -0.05) is 26.0 Å². The summed E-state index contributed by atoms with van der Waals surface area (Å²) in [7, 11) is 0. The van der Waals surface area contributed by atoms with Crippen LogP contribution in [0, 0.1) is 0 Å². The third-order valence-corrected chi connectivity index (χ3v) is 4.20. The fourth-order valence-electron chi connectivity index (χ4n) is 2.00. The fourth-order valence-corrected chi connectivity index (χ4v) is 3.00. The zero-order chi connectivity index (χ0) is 12.1. The van der Waals surface area contributed by atoms with Gasteiger partial charge in [-0.05, 0) is 30.7 Å². The van der Waals surface area contributed by atoms with Gasteiger partial charge in [-0.2, -0.15) is 0 Å². The first-order valence-corrected chi connectivity index (χ1v) is 7.29. The van der Waals surface area contributed by atoms with Crippen molar-refractivity contribution < 1.29 is 4.74 Å². The van der Waals surface area contributed by atoms with Crippen molar-refractivity contribution in [2.75, 3.05) is 19.8 Å². The lowest BCUT2D eigenvalue weighted by Crippen LogP contribution is -2.30. The van der Waals surface area contributed by atoms with Gasteiger partial charge in [0.25, 0.3) is 0 Å². The minimum absolute atomic E-state index is 0.492. The van der Waals surface area contributed by atoms with Crippen LogP contribution in [-0.2, 0) is 4.74 Å². The molecule has 1 unspecified atom stereocenters. The SMILES string of the molecule is CCNC(CC)c1ccc(SC2COC2)cc1. The first kappa shape index (κ1) is 12.9. The molecular formula is C14H21NOS. The Morgan fingerprint density at radius 2 is 2.00 bits per heavy atom. The highest BCUT2D eigenvalue weighted by molar-refractivity contribution is 8.00. The molecule has 1 aliphatic rings. The lowest BCUT2D eigenvalue weighted by Gasteiger charge is -2.25. The summed E-state index contributed by atoms with van der Waals surface area (Å²) in [6, 6.07) is 9.46. The van der Waals surface area contributed by atoms with E-state index in [1.807, 2.05) is 11.8 Å². The Morgan fingerprint density at radius 1 is 1.29 bits per heavy atom. The molecule has 1 aromatic carbocycles. The van der Waals surface area contributed by atoms with Gasteiger partial charge in [0.1, 0.15) is 0 Å². The van der Waals surface area contributed by atoms with Crippen LogP contribution in [-0.4, -0.2) is 25.0 Å². The first-order chi connectivity index (χ1) is 8.33. The number of benzene rings is 1. The topological polar surface area (TPSA) is 21.3 Å². The van der Waals surface area contributed by atoms with Crippen LogP contribution < -0.4 is 5.32 Å². The van der Waals surface area contributed by atoms with E-state index in [2.05, 4.69) is 43.4 Å². The van der Waals surface area contributed by atoms with Crippen LogP contribution in [0.4, 0.5) is 0 Å². The molecule has 0 spiro atoms. The Balaban J connectivity index is 1.95. The third kappa shape index (κ3) is 3.47. The summed E-state index contributed by atoms with van der Waals surface area (Å²) in [5.41, 5.74) is 1.39. The van der Waals surface area contributed by atoms with Crippen LogP contribution in [0.15, 0.2) is 29.2 Å². The molecule has 1 N–H and O–H groups in total. The molecule has 17 heavy (non-hydrogen) atoms. The van der Waals surface area contributed by atoms with Gasteiger partial charge in [-0.3, -0.25) is 0 Å². The predicted octanol–water partition coefficient (Wildman–Crippen LogP) is 3.24. The van der Waals surface area contributed by atoms with Crippen LogP contribution in [0.2, 0.25) is 0 Å². The minimum Gasteiger partial charge on any atom is -0.379 e. The van der Waals surface area contributed by atoms with Crippen molar-refractivity contribution in [1.29, 1.82) is 0 Å². The van der Waals surface area contributed by atoms with E-state index >= 15 is 0 Å². The molecule has 1 aromatic rings. The van der Waals surface area contributed by atoms with E-state index < -0.39 is 0 Å². The van der Waals surface area contributed by atoms with Crippen LogP contribution >= 0.6 is 11.8 Å². The van der Waals surface area contributed by atoms with Gasteiger partial charge in [0.2, 0.25) is 0 Å². The molecule has 0 saturated carbocycles. The Bertz CT molecular complexity index is 335.